The third kappa shape index (κ3) is 3.46. The normalized spacial score (nSPS) is 13.1. The average molecular weight is 290 g/mol. The molecule has 0 aliphatic carbocycles. The van der Waals surface area contributed by atoms with Crippen LogP contribution in [0.2, 0.25) is 5.02 Å². The number of rotatable bonds is 4. The largest absolute Gasteiger partial charge is 0.325 e. The predicted octanol–water partition coefficient (Wildman–Crippen LogP) is 2.41. The highest BCUT2D eigenvalue weighted by Crippen LogP contribution is 2.20. The Hall–Kier alpha value is -1.07. The summed E-state index contributed by atoms with van der Waals surface area (Å²) in [6.07, 6.45) is 0. The molecule has 0 radical (unpaired) electrons. The van der Waals surface area contributed by atoms with Gasteiger partial charge < -0.3 is 5.32 Å². The molecule has 0 bridgehead atoms. The topological polar surface area (TPSA) is 63.2 Å². The van der Waals surface area contributed by atoms with Crippen molar-refractivity contribution in [3.05, 3.63) is 28.8 Å². The van der Waals surface area contributed by atoms with Crippen LogP contribution >= 0.6 is 11.6 Å². The zero-order chi connectivity index (χ0) is 13.9. The number of sulfone groups is 1. The van der Waals surface area contributed by atoms with E-state index in [2.05, 4.69) is 5.32 Å². The van der Waals surface area contributed by atoms with Gasteiger partial charge in [-0.05, 0) is 31.5 Å². The van der Waals surface area contributed by atoms with E-state index in [1.165, 1.54) is 13.8 Å². The number of hydrogen-bond acceptors (Lipinski definition) is 3. The second-order valence-corrected chi connectivity index (χ2v) is 7.09. The Labute approximate surface area is 112 Å². The molecular weight excluding hydrogens is 274 g/mol. The van der Waals surface area contributed by atoms with Gasteiger partial charge in [0.15, 0.2) is 9.84 Å². The van der Waals surface area contributed by atoms with Crippen molar-refractivity contribution in [2.45, 2.75) is 26.0 Å². The lowest BCUT2D eigenvalue weighted by Crippen LogP contribution is -2.33. The van der Waals surface area contributed by atoms with Crippen LogP contribution in [-0.4, -0.2) is 25.3 Å². The van der Waals surface area contributed by atoms with Gasteiger partial charge in [-0.25, -0.2) is 8.42 Å². The number of carbonyl (C=O) groups excluding carboxylic acids is 1. The monoisotopic (exact) mass is 289 g/mol. The minimum absolute atomic E-state index is 0.0594. The molecule has 1 rings (SSSR count). The average Bonchev–Trinajstić information content (AvgIpc) is 2.32. The standard InChI is InChI=1S/C12H16ClNO3S/c1-4-18(16,17)9(3)12(15)14-11-7-10(13)6-5-8(11)2/h5-7,9H,4H2,1-3H3,(H,14,15)/t9-/m0/s1. The van der Waals surface area contributed by atoms with Crippen molar-refractivity contribution in [1.82, 2.24) is 0 Å². The predicted molar refractivity (Wildman–Crippen MR) is 73.7 cm³/mol. The summed E-state index contributed by atoms with van der Waals surface area (Å²) in [6.45, 7) is 4.71. The number of halogens is 1. The van der Waals surface area contributed by atoms with Crippen molar-refractivity contribution in [1.29, 1.82) is 0 Å². The van der Waals surface area contributed by atoms with E-state index in [-0.39, 0.29) is 5.75 Å². The Morgan fingerprint density at radius 2 is 2.06 bits per heavy atom. The van der Waals surface area contributed by atoms with Crippen molar-refractivity contribution < 1.29 is 13.2 Å². The van der Waals surface area contributed by atoms with Gasteiger partial charge in [0.2, 0.25) is 5.91 Å². The van der Waals surface area contributed by atoms with E-state index in [1.807, 2.05) is 6.92 Å². The van der Waals surface area contributed by atoms with Crippen LogP contribution in [0.1, 0.15) is 19.4 Å². The molecule has 100 valence electrons. The van der Waals surface area contributed by atoms with Crippen molar-refractivity contribution in [2.24, 2.45) is 0 Å². The van der Waals surface area contributed by atoms with E-state index in [0.29, 0.717) is 10.7 Å². The van der Waals surface area contributed by atoms with Gasteiger partial charge in [-0.15, -0.1) is 0 Å². The molecule has 0 aliphatic heterocycles. The van der Waals surface area contributed by atoms with Crippen LogP contribution in [0.4, 0.5) is 5.69 Å². The third-order valence-electron chi connectivity index (χ3n) is 2.77. The van der Waals surface area contributed by atoms with Crippen LogP contribution in [0.25, 0.3) is 0 Å². The highest BCUT2D eigenvalue weighted by Gasteiger charge is 2.26. The van der Waals surface area contributed by atoms with Crippen LogP contribution in [-0.2, 0) is 14.6 Å². The number of carbonyl (C=O) groups is 1. The number of nitrogens with one attached hydrogen (secondary N) is 1. The molecule has 0 spiro atoms. The second kappa shape index (κ2) is 5.71. The molecule has 6 heteroatoms. The van der Waals surface area contributed by atoms with Crippen molar-refractivity contribution in [3.8, 4) is 0 Å². The number of benzene rings is 1. The highest BCUT2D eigenvalue weighted by atomic mass is 35.5. The maximum Gasteiger partial charge on any atom is 0.242 e. The van der Waals surface area contributed by atoms with Crippen LogP contribution in [0.3, 0.4) is 0 Å². The van der Waals surface area contributed by atoms with E-state index < -0.39 is 21.0 Å². The summed E-state index contributed by atoms with van der Waals surface area (Å²) in [5.74, 6) is -0.599. The second-order valence-electron chi connectivity index (χ2n) is 4.04. The Bertz CT molecular complexity index is 554. The van der Waals surface area contributed by atoms with E-state index in [4.69, 9.17) is 11.6 Å². The van der Waals surface area contributed by atoms with Gasteiger partial charge in [0.1, 0.15) is 5.25 Å². The zero-order valence-electron chi connectivity index (χ0n) is 10.5. The van der Waals surface area contributed by atoms with E-state index in [1.54, 1.807) is 18.2 Å². The highest BCUT2D eigenvalue weighted by molar-refractivity contribution is 7.92. The van der Waals surface area contributed by atoms with Gasteiger partial charge in [0, 0.05) is 16.5 Å². The smallest absolute Gasteiger partial charge is 0.242 e. The first-order valence-electron chi connectivity index (χ1n) is 5.56. The number of anilines is 1. The Morgan fingerprint density at radius 1 is 1.44 bits per heavy atom. The molecule has 1 N–H and O–H groups in total. The summed E-state index contributed by atoms with van der Waals surface area (Å²) in [7, 11) is -3.39. The molecule has 1 atom stereocenters. The number of amides is 1. The molecule has 1 aromatic carbocycles. The van der Waals surface area contributed by atoms with Crippen LogP contribution in [0, 0.1) is 6.92 Å². The molecule has 0 unspecified atom stereocenters. The molecule has 1 aromatic rings. The van der Waals surface area contributed by atoms with E-state index >= 15 is 0 Å². The first kappa shape index (κ1) is 15.0. The molecule has 0 aromatic heterocycles. The van der Waals surface area contributed by atoms with E-state index in [9.17, 15) is 13.2 Å². The molecule has 0 saturated heterocycles. The maximum absolute atomic E-state index is 11.8. The fraction of sp³-hybridized carbons (Fsp3) is 0.417. The summed E-state index contributed by atoms with van der Waals surface area (Å²) in [4.78, 5) is 11.8. The molecular formula is C12H16ClNO3S. The Morgan fingerprint density at radius 3 is 2.61 bits per heavy atom. The summed E-state index contributed by atoms with van der Waals surface area (Å²) in [5, 5.41) is 2.01. The SMILES string of the molecule is CCS(=O)(=O)[C@@H](C)C(=O)Nc1cc(Cl)ccc1C. The Kier molecular flexibility index (Phi) is 4.76. The molecule has 0 saturated carbocycles. The molecule has 4 nitrogen and oxygen atoms in total. The third-order valence-corrected chi connectivity index (χ3v) is 5.10. The maximum atomic E-state index is 11.8. The van der Waals surface area contributed by atoms with Gasteiger partial charge in [-0.1, -0.05) is 24.6 Å². The minimum Gasteiger partial charge on any atom is -0.325 e. The van der Waals surface area contributed by atoms with Crippen LogP contribution < -0.4 is 5.32 Å². The Balaban J connectivity index is 2.92. The lowest BCUT2D eigenvalue weighted by Gasteiger charge is -2.13. The summed E-state index contributed by atoms with van der Waals surface area (Å²) in [6, 6.07) is 5.07. The van der Waals surface area contributed by atoms with Crippen molar-refractivity contribution in [3.63, 3.8) is 0 Å². The summed E-state index contributed by atoms with van der Waals surface area (Å²) in [5.41, 5.74) is 1.36. The molecule has 0 fully saturated rings. The quantitative estimate of drug-likeness (QED) is 0.926. The number of aryl methyl sites for hydroxylation is 1. The fourth-order valence-electron chi connectivity index (χ4n) is 1.38. The van der Waals surface area contributed by atoms with Crippen molar-refractivity contribution in [2.75, 3.05) is 11.1 Å². The summed E-state index contributed by atoms with van der Waals surface area (Å²) < 4.78 is 23.2. The first-order chi connectivity index (χ1) is 8.27. The molecule has 0 aliphatic rings. The van der Waals surface area contributed by atoms with Crippen LogP contribution in [0.15, 0.2) is 18.2 Å². The first-order valence-corrected chi connectivity index (χ1v) is 7.66. The number of hydrogen-bond donors (Lipinski definition) is 1. The van der Waals surface area contributed by atoms with Crippen molar-refractivity contribution >= 4 is 33.0 Å². The van der Waals surface area contributed by atoms with Crippen LogP contribution in [0.5, 0.6) is 0 Å². The minimum atomic E-state index is -3.39. The molecule has 18 heavy (non-hydrogen) atoms. The molecule has 0 heterocycles. The lowest BCUT2D eigenvalue weighted by molar-refractivity contribution is -0.115. The van der Waals surface area contributed by atoms with Gasteiger partial charge in [-0.2, -0.15) is 0 Å². The molecule has 1 amide bonds. The zero-order valence-corrected chi connectivity index (χ0v) is 12.1. The van der Waals surface area contributed by atoms with E-state index in [0.717, 1.165) is 5.56 Å². The van der Waals surface area contributed by atoms with Gasteiger partial charge in [0.25, 0.3) is 0 Å². The fourth-order valence-corrected chi connectivity index (χ4v) is 2.43. The summed E-state index contributed by atoms with van der Waals surface area (Å²) >= 11 is 5.83. The van der Waals surface area contributed by atoms with Gasteiger partial charge >= 0.3 is 0 Å². The van der Waals surface area contributed by atoms with Gasteiger partial charge in [-0.3, -0.25) is 4.79 Å². The lowest BCUT2D eigenvalue weighted by atomic mass is 10.2. The van der Waals surface area contributed by atoms with Gasteiger partial charge in [0.05, 0.1) is 0 Å².